The number of carboxylic acid groups (broad SMARTS) is 2. The molecule has 1 aliphatic rings. The number of nitrogens with zero attached hydrogens (tertiary/aromatic N) is 3. The quantitative estimate of drug-likeness (QED) is 0.101. The summed E-state index contributed by atoms with van der Waals surface area (Å²) in [6, 6.07) is 8.31. The minimum atomic E-state index is -4.74. The summed E-state index contributed by atoms with van der Waals surface area (Å²) < 4.78 is 67.6. The van der Waals surface area contributed by atoms with Crippen molar-refractivity contribution in [1.82, 2.24) is 9.78 Å². The number of carboxylic acids is 2. The zero-order chi connectivity index (χ0) is 31.7. The van der Waals surface area contributed by atoms with Gasteiger partial charge in [-0.25, -0.2) is 31.1 Å². The molecule has 1 aliphatic heterocycles. The molecule has 3 N–H and O–H groups in total. The molecule has 2 heterocycles. The average molecular weight is 709 g/mol. The number of hydrogen-bond acceptors (Lipinski definition) is 11. The number of anilines is 1. The van der Waals surface area contributed by atoms with Gasteiger partial charge in [0, 0.05) is 0 Å². The van der Waals surface area contributed by atoms with Gasteiger partial charge in [0.15, 0.2) is 11.4 Å². The van der Waals surface area contributed by atoms with Crippen LogP contribution in [0, 0.1) is 5.92 Å². The van der Waals surface area contributed by atoms with E-state index in [4.69, 9.17) is 0 Å². The summed E-state index contributed by atoms with van der Waals surface area (Å²) in [6.45, 7) is 0. The van der Waals surface area contributed by atoms with Crippen LogP contribution in [-0.2, 0) is 29.8 Å². The van der Waals surface area contributed by atoms with Gasteiger partial charge in [-0.15, -0.1) is 0 Å². The molecule has 0 aliphatic carbocycles. The second-order valence-corrected chi connectivity index (χ2v) is 11.5. The standard InChI is InChI=1S/C25H20N4O12S2.2K/c30-22-18(20(24(32)33)26-28(22)14-6-10-16(11-7-14)42(36,37)38)4-2-1-3-5-19-21(25(34)35)27-29(23(19)31)15-8-12-17(13-9-15)43(39,40)41;;/h1-4,6-13,19,26H,5H2,(H,32,33)(H,34,35)(H,36,37,38)(H,39,40,41);;/q;2*+1/p-2. The van der Waals surface area contributed by atoms with Gasteiger partial charge in [0.2, 0.25) is 0 Å². The van der Waals surface area contributed by atoms with E-state index in [9.17, 15) is 55.3 Å². The third-order valence-corrected chi connectivity index (χ3v) is 7.74. The van der Waals surface area contributed by atoms with Crippen molar-refractivity contribution in [1.29, 1.82) is 0 Å². The van der Waals surface area contributed by atoms with Crippen LogP contribution in [0.3, 0.4) is 0 Å². The van der Waals surface area contributed by atoms with Crippen LogP contribution < -0.4 is 113 Å². The number of aliphatic carboxylic acids is 1. The Labute approximate surface area is 339 Å². The molecule has 0 fully saturated rings. The van der Waals surface area contributed by atoms with Crippen LogP contribution in [0.1, 0.15) is 22.5 Å². The van der Waals surface area contributed by atoms with Gasteiger partial charge in [0.25, 0.3) is 11.5 Å². The third kappa shape index (κ3) is 9.13. The fourth-order valence-corrected chi connectivity index (χ4v) is 4.93. The van der Waals surface area contributed by atoms with Crippen molar-refractivity contribution in [3.63, 3.8) is 0 Å². The summed E-state index contributed by atoms with van der Waals surface area (Å²) in [6.07, 6.45) is 4.95. The Bertz CT molecular complexity index is 2000. The molecule has 45 heavy (non-hydrogen) atoms. The fourth-order valence-electron chi connectivity index (χ4n) is 3.99. The molecule has 0 bridgehead atoms. The number of H-pyrrole nitrogens is 1. The van der Waals surface area contributed by atoms with Crippen molar-refractivity contribution in [3.05, 3.63) is 88.4 Å². The summed E-state index contributed by atoms with van der Waals surface area (Å²) in [5.74, 6) is -4.97. The van der Waals surface area contributed by atoms with Crippen LogP contribution >= 0.6 is 0 Å². The molecule has 2 aromatic carbocycles. The number of aromatic amines is 1. The monoisotopic (exact) mass is 708 g/mol. The molecule has 1 atom stereocenters. The molecule has 0 saturated carbocycles. The molecule has 3 aromatic rings. The molecule has 1 amide bonds. The third-order valence-electron chi connectivity index (χ3n) is 6.04. The van der Waals surface area contributed by atoms with Gasteiger partial charge < -0.3 is 19.3 Å². The zero-order valence-electron chi connectivity index (χ0n) is 23.3. The van der Waals surface area contributed by atoms with E-state index in [1.54, 1.807) is 0 Å². The first-order chi connectivity index (χ1) is 20.1. The Kier molecular flexibility index (Phi) is 13.8. The number of hydrazone groups is 1. The molecule has 4 rings (SSSR count). The van der Waals surface area contributed by atoms with Gasteiger partial charge in [-0.2, -0.15) is 10.1 Å². The van der Waals surface area contributed by atoms with Crippen molar-refractivity contribution in [2.24, 2.45) is 11.0 Å². The minimum Gasteiger partial charge on any atom is -0.744 e. The molecule has 224 valence electrons. The largest absolute Gasteiger partial charge is 1.00 e. The van der Waals surface area contributed by atoms with E-state index in [2.05, 4.69) is 10.2 Å². The normalized spacial score (nSPS) is 15.2. The minimum absolute atomic E-state index is 0. The number of hydrogen-bond donors (Lipinski definition) is 3. The second-order valence-electron chi connectivity index (χ2n) is 8.76. The topological polar surface area (TPSA) is 259 Å². The number of benzene rings is 2. The summed E-state index contributed by atoms with van der Waals surface area (Å²) >= 11 is 0. The maximum absolute atomic E-state index is 12.9. The summed E-state index contributed by atoms with van der Waals surface area (Å²) in [5.41, 5.74) is -2.06. The van der Waals surface area contributed by atoms with Crippen LogP contribution in [0.5, 0.6) is 0 Å². The summed E-state index contributed by atoms with van der Waals surface area (Å²) in [7, 11) is -9.49. The van der Waals surface area contributed by atoms with Crippen LogP contribution in [0.4, 0.5) is 5.69 Å². The van der Waals surface area contributed by atoms with Gasteiger partial charge in [-0.1, -0.05) is 18.2 Å². The van der Waals surface area contributed by atoms with E-state index < -0.39 is 70.8 Å². The van der Waals surface area contributed by atoms with E-state index in [-0.39, 0.29) is 126 Å². The van der Waals surface area contributed by atoms with E-state index in [1.807, 2.05) is 0 Å². The van der Waals surface area contributed by atoms with Crippen molar-refractivity contribution < 1.29 is 153 Å². The van der Waals surface area contributed by atoms with Crippen LogP contribution in [-0.4, -0.2) is 69.5 Å². The number of aromatic nitrogens is 2. The van der Waals surface area contributed by atoms with E-state index in [0.717, 1.165) is 64.3 Å². The Morgan fingerprint density at radius 1 is 0.844 bits per heavy atom. The Hall–Kier alpha value is -1.90. The van der Waals surface area contributed by atoms with Crippen molar-refractivity contribution >= 4 is 55.6 Å². The first-order valence-electron chi connectivity index (χ1n) is 11.8. The van der Waals surface area contributed by atoms with E-state index in [0.29, 0.717) is 0 Å². The van der Waals surface area contributed by atoms with Gasteiger partial charge in [-0.3, -0.25) is 14.7 Å². The molecule has 16 nitrogen and oxygen atoms in total. The summed E-state index contributed by atoms with van der Waals surface area (Å²) in [5, 5.41) is 26.0. The molecule has 1 unspecified atom stereocenters. The van der Waals surface area contributed by atoms with E-state index >= 15 is 0 Å². The van der Waals surface area contributed by atoms with Crippen LogP contribution in [0.15, 0.2) is 86.4 Å². The SMILES string of the molecule is O=C(O)C1=NN(c2ccc(S(=O)(=O)[O-])cc2)C(=O)C1CC=CC=Cc1c(C(=O)O)[nH]n(-c2ccc(S(=O)(=O)[O-])cc2)c1=O.[K+].[K+]. The molecular formula is C25H18K2N4O12S2. The number of aromatic carboxylic acids is 1. The smallest absolute Gasteiger partial charge is 0.744 e. The predicted octanol–water partition coefficient (Wildman–Crippen LogP) is -5.26. The number of rotatable bonds is 10. The zero-order valence-corrected chi connectivity index (χ0v) is 31.2. The van der Waals surface area contributed by atoms with Crippen molar-refractivity contribution in [3.8, 4) is 5.69 Å². The van der Waals surface area contributed by atoms with Gasteiger partial charge in [-0.05, 0) is 61.0 Å². The number of carbonyl (C=O) groups is 3. The fraction of sp³-hybridized carbons (Fsp3) is 0.0800. The van der Waals surface area contributed by atoms with Crippen LogP contribution in [0.2, 0.25) is 0 Å². The molecular weight excluding hydrogens is 691 g/mol. The average Bonchev–Trinajstić information content (AvgIpc) is 3.44. The molecule has 1 aromatic heterocycles. The maximum Gasteiger partial charge on any atom is 1.00 e. The first kappa shape index (κ1) is 39.3. The van der Waals surface area contributed by atoms with E-state index in [1.165, 1.54) is 18.2 Å². The first-order valence-corrected chi connectivity index (χ1v) is 14.6. The summed E-state index contributed by atoms with van der Waals surface area (Å²) in [4.78, 5) is 48.1. The van der Waals surface area contributed by atoms with Gasteiger partial charge in [0.1, 0.15) is 20.2 Å². The molecule has 0 radical (unpaired) electrons. The molecule has 0 spiro atoms. The Morgan fingerprint density at radius 3 is 1.82 bits per heavy atom. The number of carbonyl (C=O) groups excluding carboxylic acids is 1. The Morgan fingerprint density at radius 2 is 1.36 bits per heavy atom. The predicted molar refractivity (Wildman–Crippen MR) is 145 cm³/mol. The van der Waals surface area contributed by atoms with Crippen molar-refractivity contribution in [2.75, 3.05) is 5.01 Å². The van der Waals surface area contributed by atoms with Gasteiger partial charge in [0.05, 0.1) is 32.6 Å². The second kappa shape index (κ2) is 15.8. The molecule has 20 heteroatoms. The van der Waals surface area contributed by atoms with Crippen LogP contribution in [0.25, 0.3) is 11.8 Å². The molecule has 0 saturated heterocycles. The number of nitrogens with one attached hydrogen (secondary N) is 1. The number of amides is 1. The number of allylic oxidation sites excluding steroid dienone is 3. The Balaban J connectivity index is 0.00000353. The maximum atomic E-state index is 12.9. The van der Waals surface area contributed by atoms with Crippen molar-refractivity contribution in [2.45, 2.75) is 16.2 Å². The van der Waals surface area contributed by atoms with Gasteiger partial charge >= 0.3 is 115 Å².